The number of aromatic hydroxyl groups is 1. The smallest absolute Gasteiger partial charge is 0.160 e. The molecule has 0 radical (unpaired) electrons. The molecule has 0 unspecified atom stereocenters. The number of hydrogen-bond acceptors (Lipinski definition) is 4. The van der Waals surface area contributed by atoms with Crippen LogP contribution in [-0.2, 0) is 6.54 Å². The van der Waals surface area contributed by atoms with Crippen molar-refractivity contribution in [2.45, 2.75) is 19.5 Å². The molecule has 1 heterocycles. The van der Waals surface area contributed by atoms with E-state index in [1.165, 1.54) is 0 Å². The van der Waals surface area contributed by atoms with Gasteiger partial charge in [-0.3, -0.25) is 4.98 Å². The summed E-state index contributed by atoms with van der Waals surface area (Å²) >= 11 is 0. The first kappa shape index (κ1) is 13.4. The van der Waals surface area contributed by atoms with Gasteiger partial charge in [0.15, 0.2) is 11.5 Å². The molecule has 0 bridgehead atoms. The number of nitrogens with zero attached hydrogens (tertiary/aromatic N) is 1. The molecule has 0 saturated carbocycles. The predicted octanol–water partition coefficient (Wildman–Crippen LogP) is 2.65. The van der Waals surface area contributed by atoms with Gasteiger partial charge in [-0.15, -0.1) is 0 Å². The van der Waals surface area contributed by atoms with E-state index in [-0.39, 0.29) is 11.8 Å². The third-order valence-electron chi connectivity index (χ3n) is 3.04. The summed E-state index contributed by atoms with van der Waals surface area (Å²) in [6.45, 7) is 2.79. The Morgan fingerprint density at radius 1 is 1.37 bits per heavy atom. The summed E-state index contributed by atoms with van der Waals surface area (Å²) in [7, 11) is 1.55. The normalized spacial score (nSPS) is 12.1. The van der Waals surface area contributed by atoms with Crippen molar-refractivity contribution in [2.75, 3.05) is 7.11 Å². The number of phenols is 1. The highest BCUT2D eigenvalue weighted by Gasteiger charge is 2.06. The van der Waals surface area contributed by atoms with Crippen LogP contribution in [0.3, 0.4) is 0 Å². The maximum absolute atomic E-state index is 9.54. The van der Waals surface area contributed by atoms with E-state index in [0.717, 1.165) is 11.1 Å². The second-order valence-electron chi connectivity index (χ2n) is 4.40. The van der Waals surface area contributed by atoms with Crippen LogP contribution in [0.15, 0.2) is 42.7 Å². The predicted molar refractivity (Wildman–Crippen MR) is 74.2 cm³/mol. The summed E-state index contributed by atoms with van der Waals surface area (Å²) in [6, 6.07) is 9.54. The third-order valence-corrected chi connectivity index (χ3v) is 3.04. The molecule has 1 aromatic carbocycles. The molecule has 1 aromatic heterocycles. The highest BCUT2D eigenvalue weighted by Crippen LogP contribution is 2.26. The quantitative estimate of drug-likeness (QED) is 0.865. The fraction of sp³-hybridized carbons (Fsp3) is 0.267. The molecule has 4 nitrogen and oxygen atoms in total. The minimum absolute atomic E-state index is 0.159. The second-order valence-corrected chi connectivity index (χ2v) is 4.40. The van der Waals surface area contributed by atoms with Crippen molar-refractivity contribution < 1.29 is 9.84 Å². The van der Waals surface area contributed by atoms with Crippen LogP contribution in [0, 0.1) is 0 Å². The number of pyridine rings is 1. The molecule has 0 aliphatic heterocycles. The first-order chi connectivity index (χ1) is 9.20. The molecule has 0 spiro atoms. The molecule has 0 saturated heterocycles. The minimum atomic E-state index is 0.159. The molecule has 19 heavy (non-hydrogen) atoms. The Morgan fingerprint density at radius 2 is 2.21 bits per heavy atom. The van der Waals surface area contributed by atoms with E-state index in [9.17, 15) is 5.11 Å². The fourth-order valence-corrected chi connectivity index (χ4v) is 1.85. The number of nitrogens with one attached hydrogen (secondary N) is 1. The first-order valence-corrected chi connectivity index (χ1v) is 6.20. The molecule has 100 valence electrons. The van der Waals surface area contributed by atoms with Gasteiger partial charge in [-0.05, 0) is 36.2 Å². The standard InChI is InChI=1S/C15H18N2O2/c1-11(13-4-3-7-16-10-13)17-9-12-5-6-14(18)15(8-12)19-2/h3-8,10-11,17-18H,9H2,1-2H3/t11-/m1/s1. The largest absolute Gasteiger partial charge is 0.504 e. The van der Waals surface area contributed by atoms with Crippen LogP contribution < -0.4 is 10.1 Å². The number of hydrogen-bond donors (Lipinski definition) is 2. The van der Waals surface area contributed by atoms with E-state index in [2.05, 4.69) is 17.2 Å². The maximum Gasteiger partial charge on any atom is 0.160 e. The lowest BCUT2D eigenvalue weighted by molar-refractivity contribution is 0.372. The average Bonchev–Trinajstić information content (AvgIpc) is 2.47. The van der Waals surface area contributed by atoms with Gasteiger partial charge in [0.25, 0.3) is 0 Å². The zero-order chi connectivity index (χ0) is 13.7. The molecular weight excluding hydrogens is 240 g/mol. The van der Waals surface area contributed by atoms with Crippen molar-refractivity contribution in [3.05, 3.63) is 53.9 Å². The number of aromatic nitrogens is 1. The van der Waals surface area contributed by atoms with Crippen LogP contribution in [0.5, 0.6) is 11.5 Å². The Balaban J connectivity index is 1.99. The van der Waals surface area contributed by atoms with Gasteiger partial charge in [0.05, 0.1) is 7.11 Å². The number of ether oxygens (including phenoxy) is 1. The lowest BCUT2D eigenvalue weighted by Crippen LogP contribution is -2.18. The third kappa shape index (κ3) is 3.45. The maximum atomic E-state index is 9.54. The molecule has 0 aliphatic rings. The second kappa shape index (κ2) is 6.20. The van der Waals surface area contributed by atoms with Gasteiger partial charge in [-0.2, -0.15) is 0 Å². The first-order valence-electron chi connectivity index (χ1n) is 6.20. The van der Waals surface area contributed by atoms with Crippen LogP contribution in [0.1, 0.15) is 24.1 Å². The lowest BCUT2D eigenvalue weighted by atomic mass is 10.1. The van der Waals surface area contributed by atoms with Crippen molar-refractivity contribution in [1.82, 2.24) is 10.3 Å². The van der Waals surface area contributed by atoms with Gasteiger partial charge in [-0.25, -0.2) is 0 Å². The highest BCUT2D eigenvalue weighted by molar-refractivity contribution is 5.41. The van der Waals surface area contributed by atoms with E-state index in [1.54, 1.807) is 19.4 Å². The summed E-state index contributed by atoms with van der Waals surface area (Å²) in [5.74, 6) is 0.653. The number of benzene rings is 1. The zero-order valence-corrected chi connectivity index (χ0v) is 11.1. The van der Waals surface area contributed by atoms with Gasteiger partial charge in [0.1, 0.15) is 0 Å². The Morgan fingerprint density at radius 3 is 2.89 bits per heavy atom. The summed E-state index contributed by atoms with van der Waals surface area (Å²) in [4.78, 5) is 4.11. The molecule has 2 aromatic rings. The monoisotopic (exact) mass is 258 g/mol. The van der Waals surface area contributed by atoms with Crippen molar-refractivity contribution in [2.24, 2.45) is 0 Å². The van der Waals surface area contributed by atoms with Crippen molar-refractivity contribution >= 4 is 0 Å². The van der Waals surface area contributed by atoms with E-state index in [1.807, 2.05) is 30.5 Å². The molecular formula is C15H18N2O2. The van der Waals surface area contributed by atoms with Crippen molar-refractivity contribution in [3.8, 4) is 11.5 Å². The Labute approximate surface area is 113 Å². The fourth-order valence-electron chi connectivity index (χ4n) is 1.85. The van der Waals surface area contributed by atoms with E-state index < -0.39 is 0 Å². The zero-order valence-electron chi connectivity index (χ0n) is 11.1. The van der Waals surface area contributed by atoms with Gasteiger partial charge in [0.2, 0.25) is 0 Å². The Kier molecular flexibility index (Phi) is 4.36. The number of rotatable bonds is 5. The van der Waals surface area contributed by atoms with E-state index >= 15 is 0 Å². The van der Waals surface area contributed by atoms with Crippen molar-refractivity contribution in [1.29, 1.82) is 0 Å². The number of phenolic OH excluding ortho intramolecular Hbond substituents is 1. The molecule has 4 heteroatoms. The van der Waals surface area contributed by atoms with Crippen LogP contribution in [0.2, 0.25) is 0 Å². The highest BCUT2D eigenvalue weighted by atomic mass is 16.5. The molecule has 0 amide bonds. The van der Waals surface area contributed by atoms with Gasteiger partial charge < -0.3 is 15.2 Å². The van der Waals surface area contributed by atoms with Crippen LogP contribution in [0.4, 0.5) is 0 Å². The van der Waals surface area contributed by atoms with Crippen LogP contribution in [-0.4, -0.2) is 17.2 Å². The molecule has 0 aliphatic carbocycles. The van der Waals surface area contributed by atoms with Gasteiger partial charge in [-0.1, -0.05) is 12.1 Å². The summed E-state index contributed by atoms with van der Waals surface area (Å²) < 4.78 is 5.09. The van der Waals surface area contributed by atoms with E-state index in [4.69, 9.17) is 4.74 Å². The molecule has 2 N–H and O–H groups in total. The van der Waals surface area contributed by atoms with E-state index in [0.29, 0.717) is 12.3 Å². The Hall–Kier alpha value is -2.07. The summed E-state index contributed by atoms with van der Waals surface area (Å²) in [6.07, 6.45) is 3.62. The summed E-state index contributed by atoms with van der Waals surface area (Å²) in [5.41, 5.74) is 2.21. The average molecular weight is 258 g/mol. The molecule has 0 fully saturated rings. The van der Waals surface area contributed by atoms with Crippen molar-refractivity contribution in [3.63, 3.8) is 0 Å². The van der Waals surface area contributed by atoms with Gasteiger partial charge in [0, 0.05) is 25.0 Å². The topological polar surface area (TPSA) is 54.4 Å². The molecule has 1 atom stereocenters. The minimum Gasteiger partial charge on any atom is -0.504 e. The van der Waals surface area contributed by atoms with Crippen LogP contribution in [0.25, 0.3) is 0 Å². The molecule has 2 rings (SSSR count). The number of methoxy groups -OCH3 is 1. The summed E-state index contributed by atoms with van der Waals surface area (Å²) in [5, 5.41) is 12.9. The lowest BCUT2D eigenvalue weighted by Gasteiger charge is -2.14. The SMILES string of the molecule is COc1cc(CN[C@H](C)c2cccnc2)ccc1O. The van der Waals surface area contributed by atoms with Gasteiger partial charge >= 0.3 is 0 Å². The Bertz CT molecular complexity index is 529. The van der Waals surface area contributed by atoms with Crippen LogP contribution >= 0.6 is 0 Å².